The first-order chi connectivity index (χ1) is 12.6. The number of rotatable bonds is 5. The van der Waals surface area contributed by atoms with E-state index in [9.17, 15) is 4.39 Å². The van der Waals surface area contributed by atoms with Gasteiger partial charge in [-0.3, -0.25) is 4.99 Å². The summed E-state index contributed by atoms with van der Waals surface area (Å²) < 4.78 is 18.5. The topological polar surface area (TPSA) is 62.5 Å². The molecule has 0 saturated heterocycles. The van der Waals surface area contributed by atoms with Crippen molar-refractivity contribution in [2.75, 3.05) is 7.05 Å². The molecule has 142 valence electrons. The molecule has 0 fully saturated rings. The van der Waals surface area contributed by atoms with Gasteiger partial charge in [0.15, 0.2) is 5.96 Å². The van der Waals surface area contributed by atoms with Crippen LogP contribution in [0.15, 0.2) is 64.2 Å². The van der Waals surface area contributed by atoms with Crippen LogP contribution >= 0.6 is 24.0 Å². The molecule has 27 heavy (non-hydrogen) atoms. The van der Waals surface area contributed by atoms with Gasteiger partial charge in [-0.1, -0.05) is 29.8 Å². The first-order valence-electron chi connectivity index (χ1n) is 8.34. The lowest BCUT2D eigenvalue weighted by Crippen LogP contribution is -2.36. The van der Waals surface area contributed by atoms with Crippen LogP contribution in [0.2, 0.25) is 0 Å². The molecule has 0 aliphatic heterocycles. The van der Waals surface area contributed by atoms with Crippen molar-refractivity contribution in [1.29, 1.82) is 0 Å². The number of hydrogen-bond donors (Lipinski definition) is 2. The first-order valence-corrected chi connectivity index (χ1v) is 8.34. The van der Waals surface area contributed by atoms with Crippen LogP contribution in [0.5, 0.6) is 0 Å². The predicted molar refractivity (Wildman–Crippen MR) is 116 cm³/mol. The molecule has 0 atom stereocenters. The molecule has 5 nitrogen and oxygen atoms in total. The van der Waals surface area contributed by atoms with Crippen molar-refractivity contribution in [2.45, 2.75) is 20.0 Å². The van der Waals surface area contributed by atoms with Gasteiger partial charge < -0.3 is 15.1 Å². The highest BCUT2D eigenvalue weighted by Crippen LogP contribution is 2.18. The summed E-state index contributed by atoms with van der Waals surface area (Å²) in [7, 11) is 1.69. The first kappa shape index (κ1) is 20.9. The van der Waals surface area contributed by atoms with E-state index >= 15 is 0 Å². The fourth-order valence-corrected chi connectivity index (χ4v) is 2.40. The maximum absolute atomic E-state index is 12.9. The molecular formula is C20H22FIN4O. The number of benzene rings is 2. The number of hydrogen-bond acceptors (Lipinski definition) is 3. The Bertz CT molecular complexity index is 876. The van der Waals surface area contributed by atoms with Crippen molar-refractivity contribution < 1.29 is 8.81 Å². The largest absolute Gasteiger partial charge is 0.444 e. The molecule has 3 aromatic rings. The maximum Gasteiger partial charge on any atom is 0.226 e. The summed E-state index contributed by atoms with van der Waals surface area (Å²) in [4.78, 5) is 8.66. The van der Waals surface area contributed by atoms with Crippen molar-refractivity contribution in [3.05, 3.63) is 77.4 Å². The van der Waals surface area contributed by atoms with Gasteiger partial charge in [0.05, 0.1) is 12.2 Å². The predicted octanol–water partition coefficient (Wildman–Crippen LogP) is 4.27. The Morgan fingerprint density at radius 2 is 1.70 bits per heavy atom. The van der Waals surface area contributed by atoms with Crippen molar-refractivity contribution in [3.63, 3.8) is 0 Å². The van der Waals surface area contributed by atoms with Crippen LogP contribution < -0.4 is 10.6 Å². The van der Waals surface area contributed by atoms with Crippen molar-refractivity contribution >= 4 is 29.9 Å². The van der Waals surface area contributed by atoms with E-state index in [-0.39, 0.29) is 29.8 Å². The van der Waals surface area contributed by atoms with Crippen LogP contribution in [0.4, 0.5) is 4.39 Å². The lowest BCUT2D eigenvalue weighted by Gasteiger charge is -2.10. The summed E-state index contributed by atoms with van der Waals surface area (Å²) in [6.45, 7) is 3.07. The average molecular weight is 480 g/mol. The zero-order chi connectivity index (χ0) is 18.4. The standard InChI is InChI=1S/C20H21FN4O.HI/c1-14-3-7-16(8-4-14)19-25-18(13-26-19)12-24-20(22-2)23-11-15-5-9-17(21)10-6-15;/h3-10,13H,11-12H2,1-2H3,(H2,22,23,24);1H. The molecule has 0 bridgehead atoms. The minimum Gasteiger partial charge on any atom is -0.444 e. The molecule has 1 heterocycles. The molecule has 3 rings (SSSR count). The lowest BCUT2D eigenvalue weighted by molar-refractivity contribution is 0.572. The summed E-state index contributed by atoms with van der Waals surface area (Å²) in [5.74, 6) is 0.983. The number of nitrogens with one attached hydrogen (secondary N) is 2. The van der Waals surface area contributed by atoms with E-state index in [0.717, 1.165) is 16.8 Å². The highest BCUT2D eigenvalue weighted by Gasteiger charge is 2.07. The quantitative estimate of drug-likeness (QED) is 0.325. The minimum absolute atomic E-state index is 0. The Hall–Kier alpha value is -2.42. The van der Waals surface area contributed by atoms with Gasteiger partial charge in [0, 0.05) is 19.2 Å². The second-order valence-corrected chi connectivity index (χ2v) is 5.92. The highest BCUT2D eigenvalue weighted by molar-refractivity contribution is 14.0. The third kappa shape index (κ3) is 6.06. The zero-order valence-corrected chi connectivity index (χ0v) is 17.5. The van der Waals surface area contributed by atoms with E-state index in [1.165, 1.54) is 17.7 Å². The van der Waals surface area contributed by atoms with Gasteiger partial charge in [-0.2, -0.15) is 0 Å². The molecule has 1 aromatic heterocycles. The molecule has 0 spiro atoms. The Labute approximate surface area is 175 Å². The molecular weight excluding hydrogens is 458 g/mol. The van der Waals surface area contributed by atoms with Crippen LogP contribution in [-0.4, -0.2) is 18.0 Å². The van der Waals surface area contributed by atoms with Crippen molar-refractivity contribution in [1.82, 2.24) is 15.6 Å². The number of guanidine groups is 1. The summed E-state index contributed by atoms with van der Waals surface area (Å²) in [6.07, 6.45) is 1.63. The van der Waals surface area contributed by atoms with Gasteiger partial charge in [0.2, 0.25) is 5.89 Å². The van der Waals surface area contributed by atoms with Crippen LogP contribution in [-0.2, 0) is 13.1 Å². The van der Waals surface area contributed by atoms with Crippen molar-refractivity contribution in [3.8, 4) is 11.5 Å². The van der Waals surface area contributed by atoms with E-state index in [2.05, 4.69) is 20.6 Å². The number of aromatic nitrogens is 1. The second-order valence-electron chi connectivity index (χ2n) is 5.92. The highest BCUT2D eigenvalue weighted by atomic mass is 127. The van der Waals surface area contributed by atoms with E-state index in [4.69, 9.17) is 4.42 Å². The third-order valence-electron chi connectivity index (χ3n) is 3.88. The average Bonchev–Trinajstić information content (AvgIpc) is 3.13. The summed E-state index contributed by atoms with van der Waals surface area (Å²) in [5.41, 5.74) is 3.89. The van der Waals surface area contributed by atoms with E-state index in [1.807, 2.05) is 31.2 Å². The van der Waals surface area contributed by atoms with Crippen LogP contribution in [0, 0.1) is 12.7 Å². The minimum atomic E-state index is -0.244. The fourth-order valence-electron chi connectivity index (χ4n) is 2.40. The normalized spacial score (nSPS) is 11.0. The Balaban J connectivity index is 0.00000261. The number of halogens is 2. The van der Waals surface area contributed by atoms with Crippen LogP contribution in [0.25, 0.3) is 11.5 Å². The van der Waals surface area contributed by atoms with Gasteiger partial charge in [-0.15, -0.1) is 24.0 Å². The molecule has 0 aliphatic rings. The molecule has 0 unspecified atom stereocenters. The van der Waals surface area contributed by atoms with Gasteiger partial charge >= 0.3 is 0 Å². The zero-order valence-electron chi connectivity index (χ0n) is 15.2. The number of aryl methyl sites for hydroxylation is 1. The fraction of sp³-hybridized carbons (Fsp3) is 0.200. The maximum atomic E-state index is 12.9. The number of nitrogens with zero attached hydrogens (tertiary/aromatic N) is 2. The number of aliphatic imine (C=N–C) groups is 1. The smallest absolute Gasteiger partial charge is 0.226 e. The summed E-state index contributed by atoms with van der Waals surface area (Å²) in [5, 5.41) is 6.36. The van der Waals surface area contributed by atoms with Crippen LogP contribution in [0.1, 0.15) is 16.8 Å². The van der Waals surface area contributed by atoms with Crippen LogP contribution in [0.3, 0.4) is 0 Å². The molecule has 2 N–H and O–H groups in total. The molecule has 7 heteroatoms. The SMILES string of the molecule is CN=C(NCc1ccc(F)cc1)NCc1coc(-c2ccc(C)cc2)n1.I. The summed E-state index contributed by atoms with van der Waals surface area (Å²) in [6, 6.07) is 14.4. The Morgan fingerprint density at radius 1 is 1.04 bits per heavy atom. The molecule has 0 saturated carbocycles. The van der Waals surface area contributed by atoms with E-state index < -0.39 is 0 Å². The second kappa shape index (κ2) is 10.1. The summed E-state index contributed by atoms with van der Waals surface area (Å²) >= 11 is 0. The molecule has 0 amide bonds. The number of oxazole rings is 1. The van der Waals surface area contributed by atoms with E-state index in [1.54, 1.807) is 25.4 Å². The molecule has 0 radical (unpaired) electrons. The van der Waals surface area contributed by atoms with E-state index in [0.29, 0.717) is 24.9 Å². The molecule has 2 aromatic carbocycles. The van der Waals surface area contributed by atoms with Crippen molar-refractivity contribution in [2.24, 2.45) is 4.99 Å². The monoisotopic (exact) mass is 480 g/mol. The lowest BCUT2D eigenvalue weighted by atomic mass is 10.1. The van der Waals surface area contributed by atoms with Gasteiger partial charge in [-0.25, -0.2) is 9.37 Å². The van der Waals surface area contributed by atoms with Gasteiger partial charge in [0.25, 0.3) is 0 Å². The van der Waals surface area contributed by atoms with Gasteiger partial charge in [0.1, 0.15) is 12.1 Å². The van der Waals surface area contributed by atoms with Gasteiger partial charge in [-0.05, 0) is 36.8 Å². The Kier molecular flexibility index (Phi) is 7.78. The molecule has 0 aliphatic carbocycles. The third-order valence-corrected chi connectivity index (χ3v) is 3.88. The Morgan fingerprint density at radius 3 is 2.37 bits per heavy atom.